The molecule has 0 heterocycles. The lowest BCUT2D eigenvalue weighted by atomic mass is 10.1. The van der Waals surface area contributed by atoms with Gasteiger partial charge in [-0.3, -0.25) is 14.4 Å². The molecule has 3 amide bonds. The van der Waals surface area contributed by atoms with Gasteiger partial charge in [0.1, 0.15) is 6.04 Å². The first-order valence-corrected chi connectivity index (χ1v) is 8.92. The minimum atomic E-state index is -0.973. The van der Waals surface area contributed by atoms with E-state index in [1.165, 1.54) is 0 Å². The van der Waals surface area contributed by atoms with E-state index in [1.54, 1.807) is 0 Å². The molecule has 0 radical (unpaired) electrons. The van der Waals surface area contributed by atoms with Crippen LogP contribution in [0, 0.1) is 0 Å². The molecular formula is C19H29N3O3. The molecule has 0 aromatic heterocycles. The van der Waals surface area contributed by atoms with Crippen molar-refractivity contribution in [2.24, 2.45) is 5.73 Å². The zero-order chi connectivity index (χ0) is 18.5. The Bertz CT molecular complexity index is 546. The molecule has 0 bridgehead atoms. The highest BCUT2D eigenvalue weighted by Crippen LogP contribution is 2.05. The summed E-state index contributed by atoms with van der Waals surface area (Å²) < 4.78 is 0. The van der Waals surface area contributed by atoms with Crippen molar-refractivity contribution in [3.63, 3.8) is 0 Å². The zero-order valence-corrected chi connectivity index (χ0v) is 14.9. The largest absolute Gasteiger partial charge is 0.368 e. The molecule has 0 spiro atoms. The summed E-state index contributed by atoms with van der Waals surface area (Å²) in [7, 11) is 0. The molecule has 6 nitrogen and oxygen atoms in total. The highest BCUT2D eigenvalue weighted by atomic mass is 16.2. The molecule has 0 aliphatic rings. The van der Waals surface area contributed by atoms with E-state index in [-0.39, 0.29) is 18.2 Å². The second-order valence-electron chi connectivity index (χ2n) is 6.15. The number of amides is 3. The molecule has 1 aromatic rings. The molecule has 1 aromatic carbocycles. The fourth-order valence-corrected chi connectivity index (χ4v) is 2.43. The summed E-state index contributed by atoms with van der Waals surface area (Å²) in [6.07, 6.45) is 5.37. The SMILES string of the molecule is CCCCCCCC(=O)N[C@H](CC(=O)NCc1ccccc1)C(N)=O. The molecule has 0 aliphatic carbocycles. The van der Waals surface area contributed by atoms with Crippen molar-refractivity contribution in [2.75, 3.05) is 0 Å². The van der Waals surface area contributed by atoms with Gasteiger partial charge in [0.25, 0.3) is 0 Å². The predicted molar refractivity (Wildman–Crippen MR) is 97.4 cm³/mol. The maximum atomic E-state index is 12.0. The van der Waals surface area contributed by atoms with E-state index >= 15 is 0 Å². The van der Waals surface area contributed by atoms with E-state index in [4.69, 9.17) is 5.73 Å². The number of nitrogens with two attached hydrogens (primary N) is 1. The third-order valence-electron chi connectivity index (χ3n) is 3.91. The Hall–Kier alpha value is -2.37. The Morgan fingerprint density at radius 2 is 1.68 bits per heavy atom. The third kappa shape index (κ3) is 9.49. The normalized spacial score (nSPS) is 11.6. The van der Waals surface area contributed by atoms with Gasteiger partial charge in [0.2, 0.25) is 17.7 Å². The summed E-state index contributed by atoms with van der Waals surface area (Å²) in [5, 5.41) is 5.29. The number of hydrogen-bond acceptors (Lipinski definition) is 3. The molecule has 1 rings (SSSR count). The summed E-state index contributed by atoms with van der Waals surface area (Å²) in [6, 6.07) is 8.48. The lowest BCUT2D eigenvalue weighted by Crippen LogP contribution is -2.47. The molecule has 1 atom stereocenters. The first-order valence-electron chi connectivity index (χ1n) is 8.92. The number of carbonyl (C=O) groups excluding carboxylic acids is 3. The minimum absolute atomic E-state index is 0.149. The summed E-state index contributed by atoms with van der Waals surface area (Å²) in [4.78, 5) is 35.4. The van der Waals surface area contributed by atoms with E-state index in [0.29, 0.717) is 13.0 Å². The lowest BCUT2D eigenvalue weighted by Gasteiger charge is -2.15. The minimum Gasteiger partial charge on any atom is -0.368 e. The Morgan fingerprint density at radius 3 is 2.32 bits per heavy atom. The Balaban J connectivity index is 2.33. The summed E-state index contributed by atoms with van der Waals surface area (Å²) in [5.41, 5.74) is 6.26. The van der Waals surface area contributed by atoms with Gasteiger partial charge in [0.05, 0.1) is 6.42 Å². The van der Waals surface area contributed by atoms with Crippen LogP contribution in [0.25, 0.3) is 0 Å². The summed E-state index contributed by atoms with van der Waals surface area (Å²) in [6.45, 7) is 2.50. The predicted octanol–water partition coefficient (Wildman–Crippen LogP) is 2.02. The number of benzene rings is 1. The molecule has 138 valence electrons. The Kier molecular flexibility index (Phi) is 9.97. The molecule has 25 heavy (non-hydrogen) atoms. The van der Waals surface area contributed by atoms with Gasteiger partial charge in [0.15, 0.2) is 0 Å². The zero-order valence-electron chi connectivity index (χ0n) is 14.9. The van der Waals surface area contributed by atoms with Crippen LogP contribution in [0.1, 0.15) is 57.4 Å². The van der Waals surface area contributed by atoms with Gasteiger partial charge in [-0.2, -0.15) is 0 Å². The van der Waals surface area contributed by atoms with Gasteiger partial charge < -0.3 is 16.4 Å². The molecular weight excluding hydrogens is 318 g/mol. The van der Waals surface area contributed by atoms with Crippen LogP contribution in [0.3, 0.4) is 0 Å². The number of primary amides is 1. The van der Waals surface area contributed by atoms with Crippen LogP contribution >= 0.6 is 0 Å². The molecule has 0 fully saturated rings. The molecule has 6 heteroatoms. The first kappa shape index (κ1) is 20.7. The van der Waals surface area contributed by atoms with E-state index in [0.717, 1.165) is 37.7 Å². The number of carbonyl (C=O) groups is 3. The fourth-order valence-electron chi connectivity index (χ4n) is 2.43. The van der Waals surface area contributed by atoms with E-state index in [9.17, 15) is 14.4 Å². The van der Waals surface area contributed by atoms with Gasteiger partial charge >= 0.3 is 0 Å². The van der Waals surface area contributed by atoms with Crippen LogP contribution in [-0.2, 0) is 20.9 Å². The second-order valence-corrected chi connectivity index (χ2v) is 6.15. The molecule has 0 saturated carbocycles. The highest BCUT2D eigenvalue weighted by molar-refractivity contribution is 5.91. The number of rotatable bonds is 12. The van der Waals surface area contributed by atoms with Crippen LogP contribution in [0.15, 0.2) is 30.3 Å². The van der Waals surface area contributed by atoms with E-state index in [2.05, 4.69) is 17.6 Å². The molecule has 0 aliphatic heterocycles. The van der Waals surface area contributed by atoms with E-state index in [1.807, 2.05) is 30.3 Å². The smallest absolute Gasteiger partial charge is 0.240 e. The fraction of sp³-hybridized carbons (Fsp3) is 0.526. The third-order valence-corrected chi connectivity index (χ3v) is 3.91. The highest BCUT2D eigenvalue weighted by Gasteiger charge is 2.21. The standard InChI is InChI=1S/C19H29N3O3/c1-2-3-4-5-9-12-17(23)22-16(19(20)25)13-18(24)21-14-15-10-7-6-8-11-15/h6-8,10-11,16H,2-5,9,12-14H2,1H3,(H2,20,25)(H,21,24)(H,22,23)/t16-/m1/s1. The maximum absolute atomic E-state index is 12.0. The van der Waals surface area contributed by atoms with Crippen LogP contribution in [0.2, 0.25) is 0 Å². The second kappa shape index (κ2) is 12.1. The summed E-state index contributed by atoms with van der Waals surface area (Å²) in [5.74, 6) is -1.26. The number of unbranched alkanes of at least 4 members (excludes halogenated alkanes) is 4. The van der Waals surface area contributed by atoms with Crippen molar-refractivity contribution in [1.29, 1.82) is 0 Å². The number of nitrogens with one attached hydrogen (secondary N) is 2. The Labute approximate surface area is 149 Å². The Morgan fingerprint density at radius 1 is 1.00 bits per heavy atom. The topological polar surface area (TPSA) is 101 Å². The van der Waals surface area contributed by atoms with Crippen LogP contribution in [0.5, 0.6) is 0 Å². The van der Waals surface area contributed by atoms with Gasteiger partial charge in [-0.15, -0.1) is 0 Å². The van der Waals surface area contributed by atoms with Crippen molar-refractivity contribution in [3.8, 4) is 0 Å². The van der Waals surface area contributed by atoms with Crippen molar-refractivity contribution in [3.05, 3.63) is 35.9 Å². The van der Waals surface area contributed by atoms with E-state index < -0.39 is 11.9 Å². The maximum Gasteiger partial charge on any atom is 0.240 e. The monoisotopic (exact) mass is 347 g/mol. The van der Waals surface area contributed by atoms with Crippen molar-refractivity contribution in [1.82, 2.24) is 10.6 Å². The lowest BCUT2D eigenvalue weighted by molar-refractivity contribution is -0.130. The average Bonchev–Trinajstić information content (AvgIpc) is 2.60. The van der Waals surface area contributed by atoms with Gasteiger partial charge in [-0.05, 0) is 12.0 Å². The number of hydrogen-bond donors (Lipinski definition) is 3. The average molecular weight is 347 g/mol. The quantitative estimate of drug-likeness (QED) is 0.504. The molecule has 0 saturated heterocycles. The van der Waals surface area contributed by atoms with Crippen molar-refractivity contribution in [2.45, 2.75) is 64.5 Å². The van der Waals surface area contributed by atoms with Crippen LogP contribution in [0.4, 0.5) is 0 Å². The van der Waals surface area contributed by atoms with Crippen molar-refractivity contribution >= 4 is 17.7 Å². The summed E-state index contributed by atoms with van der Waals surface area (Å²) >= 11 is 0. The van der Waals surface area contributed by atoms with Crippen LogP contribution in [-0.4, -0.2) is 23.8 Å². The molecule has 4 N–H and O–H groups in total. The van der Waals surface area contributed by atoms with Gasteiger partial charge in [-0.1, -0.05) is 62.9 Å². The van der Waals surface area contributed by atoms with Gasteiger partial charge in [0, 0.05) is 13.0 Å². The van der Waals surface area contributed by atoms with Crippen molar-refractivity contribution < 1.29 is 14.4 Å². The van der Waals surface area contributed by atoms with Crippen LogP contribution < -0.4 is 16.4 Å². The van der Waals surface area contributed by atoms with Gasteiger partial charge in [-0.25, -0.2) is 0 Å². The first-order chi connectivity index (χ1) is 12.0. The molecule has 0 unspecified atom stereocenters.